The number of nitrogens with zero attached hydrogens (tertiary/aromatic N) is 3. The van der Waals surface area contributed by atoms with Gasteiger partial charge in [0.2, 0.25) is 0 Å². The summed E-state index contributed by atoms with van der Waals surface area (Å²) >= 11 is 0. The van der Waals surface area contributed by atoms with Crippen LogP contribution in [0.5, 0.6) is 0 Å². The highest BCUT2D eigenvalue weighted by Gasteiger charge is 2.20. The van der Waals surface area contributed by atoms with Crippen LogP contribution in [0.4, 0.5) is 5.82 Å². The van der Waals surface area contributed by atoms with Gasteiger partial charge < -0.3 is 15.0 Å². The zero-order valence-electron chi connectivity index (χ0n) is 14.6. The van der Waals surface area contributed by atoms with Gasteiger partial charge in [-0.2, -0.15) is 0 Å². The molecule has 3 rings (SSSR count). The Morgan fingerprint density at radius 3 is 2.72 bits per heavy atom. The summed E-state index contributed by atoms with van der Waals surface area (Å²) in [7, 11) is -1.54. The van der Waals surface area contributed by atoms with E-state index < -0.39 is 9.84 Å². The number of piperidine rings is 1. The molecule has 1 fully saturated rings. The highest BCUT2D eigenvalue weighted by molar-refractivity contribution is 7.90. The molecule has 1 N–H and O–H groups in total. The molecule has 0 radical (unpaired) electrons. The zero-order chi connectivity index (χ0) is 17.9. The van der Waals surface area contributed by atoms with Gasteiger partial charge in [-0.25, -0.2) is 18.4 Å². The van der Waals surface area contributed by atoms with E-state index in [1.54, 1.807) is 25.3 Å². The Morgan fingerprint density at radius 1 is 1.28 bits per heavy atom. The number of hydrogen-bond donors (Lipinski definition) is 1. The van der Waals surface area contributed by atoms with E-state index in [0.717, 1.165) is 50.0 Å². The lowest BCUT2D eigenvalue weighted by molar-refractivity contribution is 0.132. The molecule has 1 aromatic heterocycles. The lowest BCUT2D eigenvalue weighted by atomic mass is 10.0. The van der Waals surface area contributed by atoms with Crippen molar-refractivity contribution in [3.63, 3.8) is 0 Å². The average Bonchev–Trinajstić information content (AvgIpc) is 2.60. The van der Waals surface area contributed by atoms with E-state index in [1.807, 2.05) is 0 Å². The number of nitrogens with one attached hydrogen (secondary N) is 1. The van der Waals surface area contributed by atoms with Crippen molar-refractivity contribution < 1.29 is 13.2 Å². The molecule has 2 aromatic rings. The number of rotatable bonds is 6. The fourth-order valence-corrected chi connectivity index (χ4v) is 3.74. The fraction of sp³-hybridized carbons (Fsp3) is 0.529. The first-order valence-corrected chi connectivity index (χ1v) is 10.3. The Hall–Kier alpha value is -1.77. The van der Waals surface area contributed by atoms with E-state index in [9.17, 15) is 8.42 Å². The first-order valence-electron chi connectivity index (χ1n) is 8.40. The summed E-state index contributed by atoms with van der Waals surface area (Å²) < 4.78 is 28.8. The molecular weight excluding hydrogens is 340 g/mol. The molecule has 7 nitrogen and oxygen atoms in total. The normalized spacial score (nSPS) is 17.0. The summed E-state index contributed by atoms with van der Waals surface area (Å²) in [5.74, 6) is 0.700. The second kappa shape index (κ2) is 7.63. The number of methoxy groups -OCH3 is 1. The van der Waals surface area contributed by atoms with Gasteiger partial charge in [-0.1, -0.05) is 0 Å². The van der Waals surface area contributed by atoms with Gasteiger partial charge in [-0.3, -0.25) is 0 Å². The van der Waals surface area contributed by atoms with E-state index in [2.05, 4.69) is 20.2 Å². The predicted octanol–water partition coefficient (Wildman–Crippen LogP) is 1.56. The molecule has 1 saturated heterocycles. The number of likely N-dealkylation sites (tertiary alicyclic amines) is 1. The molecule has 1 aliphatic heterocycles. The van der Waals surface area contributed by atoms with E-state index in [0.29, 0.717) is 11.9 Å². The highest BCUT2D eigenvalue weighted by Crippen LogP contribution is 2.25. The van der Waals surface area contributed by atoms with Gasteiger partial charge in [-0.15, -0.1) is 0 Å². The minimum absolute atomic E-state index is 0.284. The number of ether oxygens (including phenoxy) is 1. The lowest BCUT2D eigenvalue weighted by Crippen LogP contribution is -2.40. The third-order valence-electron chi connectivity index (χ3n) is 4.58. The largest absolute Gasteiger partial charge is 0.383 e. The Kier molecular flexibility index (Phi) is 5.51. The molecule has 2 heterocycles. The van der Waals surface area contributed by atoms with Crippen LogP contribution in [0.1, 0.15) is 12.8 Å². The van der Waals surface area contributed by atoms with Gasteiger partial charge in [0.05, 0.1) is 17.0 Å². The van der Waals surface area contributed by atoms with Crippen LogP contribution in [0.2, 0.25) is 0 Å². The zero-order valence-corrected chi connectivity index (χ0v) is 15.4. The van der Waals surface area contributed by atoms with E-state index >= 15 is 0 Å². The molecule has 0 unspecified atom stereocenters. The number of hydrogen-bond acceptors (Lipinski definition) is 7. The van der Waals surface area contributed by atoms with E-state index in [-0.39, 0.29) is 4.90 Å². The van der Waals surface area contributed by atoms with Crippen molar-refractivity contribution in [2.24, 2.45) is 0 Å². The maximum Gasteiger partial charge on any atom is 0.175 e. The quantitative estimate of drug-likeness (QED) is 0.832. The summed E-state index contributed by atoms with van der Waals surface area (Å²) in [5.41, 5.74) is 0.738. The summed E-state index contributed by atoms with van der Waals surface area (Å²) in [4.78, 5) is 11.3. The number of fused-ring (bicyclic) bond motifs is 1. The number of aromatic nitrogens is 2. The Labute approximate surface area is 148 Å². The van der Waals surface area contributed by atoms with Crippen LogP contribution in [0.25, 0.3) is 10.9 Å². The fourth-order valence-electron chi connectivity index (χ4n) is 3.10. The molecule has 0 saturated carbocycles. The molecule has 0 atom stereocenters. The van der Waals surface area contributed by atoms with Crippen LogP contribution in [0.15, 0.2) is 29.4 Å². The molecule has 1 aromatic carbocycles. The van der Waals surface area contributed by atoms with Gasteiger partial charge >= 0.3 is 0 Å². The molecule has 8 heteroatoms. The first-order chi connectivity index (χ1) is 12.0. The molecule has 1 aliphatic rings. The maximum atomic E-state index is 11.8. The highest BCUT2D eigenvalue weighted by atomic mass is 32.2. The molecular formula is C17H24N4O3S. The smallest absolute Gasteiger partial charge is 0.175 e. The van der Waals surface area contributed by atoms with Crippen molar-refractivity contribution in [2.45, 2.75) is 23.8 Å². The van der Waals surface area contributed by atoms with Crippen molar-refractivity contribution in [1.82, 2.24) is 14.9 Å². The molecule has 0 aliphatic carbocycles. The van der Waals surface area contributed by atoms with Crippen LogP contribution in [-0.2, 0) is 14.6 Å². The van der Waals surface area contributed by atoms with Crippen molar-refractivity contribution in [3.8, 4) is 0 Å². The van der Waals surface area contributed by atoms with E-state index in [1.165, 1.54) is 12.6 Å². The minimum atomic E-state index is -3.26. The minimum Gasteiger partial charge on any atom is -0.383 e. The second-order valence-electron chi connectivity index (χ2n) is 6.43. The number of benzene rings is 1. The Bertz CT molecular complexity index is 833. The van der Waals surface area contributed by atoms with Crippen LogP contribution >= 0.6 is 0 Å². The maximum absolute atomic E-state index is 11.8. The molecule has 0 amide bonds. The number of sulfone groups is 1. The third kappa shape index (κ3) is 4.45. The molecule has 0 spiro atoms. The topological polar surface area (TPSA) is 84.4 Å². The SMILES string of the molecule is COCCN1CCC(Nc2ncnc3ccc(S(C)(=O)=O)cc23)CC1. The lowest BCUT2D eigenvalue weighted by Gasteiger charge is -2.32. The second-order valence-corrected chi connectivity index (χ2v) is 8.44. The third-order valence-corrected chi connectivity index (χ3v) is 5.69. The van der Waals surface area contributed by atoms with Gasteiger partial charge in [0.1, 0.15) is 12.1 Å². The summed E-state index contributed by atoms with van der Waals surface area (Å²) in [6.07, 6.45) is 4.75. The van der Waals surface area contributed by atoms with Gasteiger partial charge in [-0.05, 0) is 31.0 Å². The summed E-state index contributed by atoms with van der Waals surface area (Å²) in [5, 5.41) is 4.22. The van der Waals surface area contributed by atoms with Crippen LogP contribution in [0, 0.1) is 0 Å². The Morgan fingerprint density at radius 2 is 2.04 bits per heavy atom. The summed E-state index contributed by atoms with van der Waals surface area (Å²) in [6.45, 7) is 3.73. The first kappa shape index (κ1) is 18.0. The average molecular weight is 364 g/mol. The van der Waals surface area contributed by atoms with Crippen molar-refractivity contribution >= 4 is 26.6 Å². The van der Waals surface area contributed by atoms with Crippen molar-refractivity contribution in [2.75, 3.05) is 44.9 Å². The molecule has 136 valence electrons. The van der Waals surface area contributed by atoms with Gasteiger partial charge in [0.15, 0.2) is 9.84 Å². The van der Waals surface area contributed by atoms with Crippen LogP contribution in [-0.4, -0.2) is 68.9 Å². The standard InChI is InChI=1S/C17H24N4O3S/c1-24-10-9-21-7-5-13(6-8-21)20-17-15-11-14(25(2,22)23)3-4-16(15)18-12-19-17/h3-4,11-13H,5-10H2,1-2H3,(H,18,19,20). The molecule has 0 bridgehead atoms. The predicted molar refractivity (Wildman–Crippen MR) is 97.6 cm³/mol. The van der Waals surface area contributed by atoms with Gasteiger partial charge in [0.25, 0.3) is 0 Å². The van der Waals surface area contributed by atoms with Crippen LogP contribution < -0.4 is 5.32 Å². The van der Waals surface area contributed by atoms with Gasteiger partial charge in [0, 0.05) is 44.4 Å². The molecule has 25 heavy (non-hydrogen) atoms. The monoisotopic (exact) mass is 364 g/mol. The van der Waals surface area contributed by atoms with Crippen molar-refractivity contribution in [3.05, 3.63) is 24.5 Å². The number of anilines is 1. The van der Waals surface area contributed by atoms with E-state index in [4.69, 9.17) is 4.74 Å². The Balaban J connectivity index is 1.76. The van der Waals surface area contributed by atoms with Crippen LogP contribution in [0.3, 0.4) is 0 Å². The van der Waals surface area contributed by atoms with Crippen molar-refractivity contribution in [1.29, 1.82) is 0 Å². The summed E-state index contributed by atoms with van der Waals surface area (Å²) in [6, 6.07) is 5.29.